The minimum Gasteiger partial charge on any atom is -0.351 e. The van der Waals surface area contributed by atoms with E-state index in [9.17, 15) is 9.59 Å². The number of rotatable bonds is 7. The zero-order valence-corrected chi connectivity index (χ0v) is 14.4. The van der Waals surface area contributed by atoms with Crippen LogP contribution in [0.3, 0.4) is 0 Å². The summed E-state index contributed by atoms with van der Waals surface area (Å²) in [5.41, 5.74) is 0.507. The number of H-pyrrole nitrogens is 1. The van der Waals surface area contributed by atoms with E-state index in [0.717, 1.165) is 12.0 Å². The molecule has 2 N–H and O–H groups in total. The van der Waals surface area contributed by atoms with Crippen molar-refractivity contribution in [3.63, 3.8) is 0 Å². The summed E-state index contributed by atoms with van der Waals surface area (Å²) < 4.78 is 1.54. The van der Waals surface area contributed by atoms with Crippen LogP contribution in [-0.2, 0) is 11.3 Å². The van der Waals surface area contributed by atoms with Crippen molar-refractivity contribution in [1.82, 2.24) is 20.1 Å². The molecule has 0 aliphatic rings. The summed E-state index contributed by atoms with van der Waals surface area (Å²) in [7, 11) is 0. The van der Waals surface area contributed by atoms with Crippen molar-refractivity contribution in [2.75, 3.05) is 5.75 Å². The Kier molecular flexibility index (Phi) is 5.65. The molecule has 0 fully saturated rings. The van der Waals surface area contributed by atoms with E-state index in [1.54, 1.807) is 0 Å². The summed E-state index contributed by atoms with van der Waals surface area (Å²) in [6.45, 7) is 6.42. The molecule has 0 aliphatic heterocycles. The highest BCUT2D eigenvalue weighted by Gasteiger charge is 2.19. The van der Waals surface area contributed by atoms with Crippen molar-refractivity contribution < 1.29 is 4.79 Å². The number of nitrogens with one attached hydrogen (secondary N) is 2. The minimum absolute atomic E-state index is 0.0661. The van der Waals surface area contributed by atoms with Crippen LogP contribution in [0.4, 0.5) is 0 Å². The van der Waals surface area contributed by atoms with Crippen molar-refractivity contribution in [2.45, 2.75) is 44.4 Å². The zero-order chi connectivity index (χ0) is 16.9. The molecule has 2 rings (SSSR count). The van der Waals surface area contributed by atoms with E-state index in [-0.39, 0.29) is 22.9 Å². The molecule has 0 atom stereocenters. The predicted octanol–water partition coefficient (Wildman–Crippen LogP) is 2.02. The van der Waals surface area contributed by atoms with E-state index in [4.69, 9.17) is 0 Å². The van der Waals surface area contributed by atoms with Crippen LogP contribution in [-0.4, -0.2) is 32.0 Å². The highest BCUT2D eigenvalue weighted by atomic mass is 32.2. The Morgan fingerprint density at radius 1 is 1.35 bits per heavy atom. The Balaban J connectivity index is 2.02. The Bertz CT molecular complexity index is 706. The van der Waals surface area contributed by atoms with Crippen molar-refractivity contribution in [1.29, 1.82) is 0 Å². The van der Waals surface area contributed by atoms with Gasteiger partial charge in [0, 0.05) is 5.54 Å². The molecule has 0 saturated carbocycles. The molecule has 23 heavy (non-hydrogen) atoms. The van der Waals surface area contributed by atoms with Gasteiger partial charge in [-0.2, -0.15) is 0 Å². The fourth-order valence-corrected chi connectivity index (χ4v) is 2.70. The lowest BCUT2D eigenvalue weighted by atomic mass is 10.0. The number of hydrogen-bond acceptors (Lipinski definition) is 4. The quantitative estimate of drug-likeness (QED) is 0.759. The predicted molar refractivity (Wildman–Crippen MR) is 91.6 cm³/mol. The maximum Gasteiger partial charge on any atom is 0.344 e. The average Bonchev–Trinajstić information content (AvgIpc) is 2.86. The normalized spacial score (nSPS) is 11.4. The molecule has 124 valence electrons. The molecule has 1 aromatic heterocycles. The first-order valence-electron chi connectivity index (χ1n) is 7.54. The third-order valence-electron chi connectivity index (χ3n) is 3.60. The molecule has 2 aromatic rings. The Hall–Kier alpha value is -2.02. The first kappa shape index (κ1) is 17.3. The largest absolute Gasteiger partial charge is 0.351 e. The number of carbonyl (C=O) groups excluding carboxylic acids is 1. The highest BCUT2D eigenvalue weighted by Crippen LogP contribution is 2.15. The summed E-state index contributed by atoms with van der Waals surface area (Å²) in [4.78, 5) is 23.9. The van der Waals surface area contributed by atoms with E-state index >= 15 is 0 Å². The first-order valence-corrected chi connectivity index (χ1v) is 8.53. The van der Waals surface area contributed by atoms with E-state index in [1.807, 2.05) is 51.1 Å². The van der Waals surface area contributed by atoms with Crippen LogP contribution in [0.15, 0.2) is 40.3 Å². The number of thioether (sulfide) groups is 1. The zero-order valence-electron chi connectivity index (χ0n) is 13.6. The number of hydrogen-bond donors (Lipinski definition) is 2. The summed E-state index contributed by atoms with van der Waals surface area (Å²) in [6.07, 6.45) is 0.852. The van der Waals surface area contributed by atoms with Gasteiger partial charge in [0.2, 0.25) is 5.91 Å². The van der Waals surface area contributed by atoms with Crippen LogP contribution in [0.2, 0.25) is 0 Å². The summed E-state index contributed by atoms with van der Waals surface area (Å²) in [6, 6.07) is 9.67. The molecule has 1 heterocycles. The van der Waals surface area contributed by atoms with Gasteiger partial charge < -0.3 is 5.32 Å². The van der Waals surface area contributed by atoms with Crippen LogP contribution < -0.4 is 11.0 Å². The monoisotopic (exact) mass is 334 g/mol. The second-order valence-corrected chi connectivity index (χ2v) is 6.90. The first-order chi connectivity index (χ1) is 10.9. The fraction of sp³-hybridized carbons (Fsp3) is 0.438. The number of aromatic amines is 1. The van der Waals surface area contributed by atoms with Crippen molar-refractivity contribution in [2.24, 2.45) is 0 Å². The van der Waals surface area contributed by atoms with Crippen LogP contribution >= 0.6 is 11.8 Å². The highest BCUT2D eigenvalue weighted by molar-refractivity contribution is 7.99. The lowest BCUT2D eigenvalue weighted by molar-refractivity contribution is -0.120. The maximum absolute atomic E-state index is 12.0. The lowest BCUT2D eigenvalue weighted by Crippen LogP contribution is -2.43. The van der Waals surface area contributed by atoms with E-state index < -0.39 is 0 Å². The topological polar surface area (TPSA) is 79.8 Å². The molecule has 1 aromatic carbocycles. The fourth-order valence-electron chi connectivity index (χ4n) is 1.95. The third kappa shape index (κ3) is 4.99. The summed E-state index contributed by atoms with van der Waals surface area (Å²) in [5, 5.41) is 9.94. The second kappa shape index (κ2) is 7.50. The molecular weight excluding hydrogens is 312 g/mol. The molecule has 6 nitrogen and oxygen atoms in total. The van der Waals surface area contributed by atoms with Crippen molar-refractivity contribution >= 4 is 17.7 Å². The number of aromatic nitrogens is 3. The van der Waals surface area contributed by atoms with Gasteiger partial charge in [0.25, 0.3) is 0 Å². The second-order valence-electron chi connectivity index (χ2n) is 5.96. The molecule has 0 bridgehead atoms. The van der Waals surface area contributed by atoms with Gasteiger partial charge >= 0.3 is 5.69 Å². The van der Waals surface area contributed by atoms with Crippen molar-refractivity contribution in [3.8, 4) is 0 Å². The van der Waals surface area contributed by atoms with Gasteiger partial charge in [-0.15, -0.1) is 5.10 Å². The van der Waals surface area contributed by atoms with Gasteiger partial charge in [-0.3, -0.25) is 9.36 Å². The molecule has 0 radical (unpaired) electrons. The Morgan fingerprint density at radius 2 is 2.04 bits per heavy atom. The van der Waals surface area contributed by atoms with Gasteiger partial charge in [-0.05, 0) is 25.8 Å². The van der Waals surface area contributed by atoms with Gasteiger partial charge in [0.15, 0.2) is 5.16 Å². The molecule has 7 heteroatoms. The van der Waals surface area contributed by atoms with Crippen LogP contribution in [0.25, 0.3) is 0 Å². The smallest absolute Gasteiger partial charge is 0.344 e. The molecular formula is C16H22N4O2S. The lowest BCUT2D eigenvalue weighted by Gasteiger charge is -2.24. The Morgan fingerprint density at radius 3 is 2.70 bits per heavy atom. The number of nitrogens with zero attached hydrogens (tertiary/aromatic N) is 2. The molecule has 1 amide bonds. The van der Waals surface area contributed by atoms with Gasteiger partial charge in [0.05, 0.1) is 12.3 Å². The standard InChI is InChI=1S/C16H22N4O2S/c1-4-16(2,3)17-13(21)11-23-15-19-18-14(22)20(15)10-12-8-6-5-7-9-12/h5-9H,4,10-11H2,1-3H3,(H,17,21)(H,18,22). The van der Waals surface area contributed by atoms with Gasteiger partial charge in [-0.1, -0.05) is 49.0 Å². The maximum atomic E-state index is 12.0. The summed E-state index contributed by atoms with van der Waals surface area (Å²) in [5.74, 6) is 0.159. The number of amides is 1. The molecule has 0 spiro atoms. The van der Waals surface area contributed by atoms with E-state index in [2.05, 4.69) is 15.5 Å². The van der Waals surface area contributed by atoms with E-state index in [0.29, 0.717) is 11.7 Å². The average molecular weight is 334 g/mol. The SMILES string of the molecule is CCC(C)(C)NC(=O)CSc1n[nH]c(=O)n1Cc1ccccc1. The van der Waals surface area contributed by atoms with Gasteiger partial charge in [0.1, 0.15) is 0 Å². The van der Waals surface area contributed by atoms with Crippen LogP contribution in [0, 0.1) is 0 Å². The van der Waals surface area contributed by atoms with Crippen LogP contribution in [0.5, 0.6) is 0 Å². The summed E-state index contributed by atoms with van der Waals surface area (Å²) >= 11 is 1.25. The van der Waals surface area contributed by atoms with Crippen molar-refractivity contribution in [3.05, 3.63) is 46.4 Å². The molecule has 0 saturated heterocycles. The minimum atomic E-state index is -0.273. The van der Waals surface area contributed by atoms with Gasteiger partial charge in [-0.25, -0.2) is 9.89 Å². The number of benzene rings is 1. The third-order valence-corrected chi connectivity index (χ3v) is 4.58. The molecule has 0 unspecified atom stereocenters. The molecule has 0 aliphatic carbocycles. The Labute approximate surface area is 139 Å². The van der Waals surface area contributed by atoms with E-state index in [1.165, 1.54) is 16.3 Å². The number of carbonyl (C=O) groups is 1. The van der Waals surface area contributed by atoms with Crippen LogP contribution in [0.1, 0.15) is 32.8 Å².